The summed E-state index contributed by atoms with van der Waals surface area (Å²) >= 11 is 9.60. The van der Waals surface area contributed by atoms with Gasteiger partial charge in [-0.05, 0) is 40.8 Å². The summed E-state index contributed by atoms with van der Waals surface area (Å²) in [5, 5.41) is 2.45. The first-order chi connectivity index (χ1) is 7.16. The Labute approximate surface area is 110 Å². The van der Waals surface area contributed by atoms with E-state index >= 15 is 0 Å². The number of hydrogen-bond donors (Lipinski definition) is 0. The molecule has 1 heterocycles. The van der Waals surface area contributed by atoms with Gasteiger partial charge in [0.15, 0.2) is 5.78 Å². The van der Waals surface area contributed by atoms with E-state index in [4.69, 9.17) is 11.6 Å². The molecule has 0 unspecified atom stereocenters. The molecule has 0 aliphatic rings. The Morgan fingerprint density at radius 3 is 2.67 bits per heavy atom. The monoisotopic (exact) mass is 348 g/mol. The summed E-state index contributed by atoms with van der Waals surface area (Å²) < 4.78 is 1.11. The van der Waals surface area contributed by atoms with Gasteiger partial charge in [-0.2, -0.15) is 0 Å². The maximum absolute atomic E-state index is 12.0. The van der Waals surface area contributed by atoms with Crippen molar-refractivity contribution in [2.45, 2.75) is 0 Å². The van der Waals surface area contributed by atoms with Gasteiger partial charge < -0.3 is 0 Å². The van der Waals surface area contributed by atoms with Crippen molar-refractivity contribution >= 4 is 51.3 Å². The minimum Gasteiger partial charge on any atom is -0.289 e. The second-order valence-corrected chi connectivity index (χ2v) is 6.22. The van der Waals surface area contributed by atoms with Gasteiger partial charge in [-0.3, -0.25) is 4.79 Å². The van der Waals surface area contributed by atoms with Crippen molar-refractivity contribution in [1.29, 1.82) is 0 Å². The van der Waals surface area contributed by atoms with E-state index in [1.807, 2.05) is 11.4 Å². The van der Waals surface area contributed by atoms with E-state index in [1.165, 1.54) is 0 Å². The summed E-state index contributed by atoms with van der Waals surface area (Å²) in [5.41, 5.74) is 1.36. The van der Waals surface area contributed by atoms with Crippen LogP contribution in [0.25, 0.3) is 0 Å². The molecule has 1 aromatic carbocycles. The van der Waals surface area contributed by atoms with Crippen LogP contribution in [0.3, 0.4) is 0 Å². The first-order valence-corrected chi connectivity index (χ1v) is 6.55. The van der Waals surface area contributed by atoms with Gasteiger partial charge in [0, 0.05) is 21.5 Å². The molecule has 0 aliphatic heterocycles. The van der Waals surface area contributed by atoms with E-state index in [-0.39, 0.29) is 5.78 Å². The van der Waals surface area contributed by atoms with Crippen molar-refractivity contribution in [3.63, 3.8) is 0 Å². The van der Waals surface area contributed by atoms with Crippen LogP contribution in [0.4, 0.5) is 0 Å². The van der Waals surface area contributed by atoms with Crippen LogP contribution < -0.4 is 0 Å². The summed E-state index contributed by atoms with van der Waals surface area (Å²) in [6.07, 6.45) is 0. The first-order valence-electron chi connectivity index (χ1n) is 4.21. The second-order valence-electron chi connectivity index (χ2n) is 2.98. The van der Waals surface area contributed by atoms with Crippen LogP contribution >= 0.6 is 45.5 Å². The smallest absolute Gasteiger partial charge is 0.193 e. The predicted molar refractivity (Wildman–Crippen MR) is 71.9 cm³/mol. The molecule has 0 N–H and O–H groups in total. The maximum atomic E-state index is 12.0. The van der Waals surface area contributed by atoms with Crippen LogP contribution in [-0.2, 0) is 0 Å². The van der Waals surface area contributed by atoms with E-state index in [2.05, 4.69) is 22.6 Å². The number of halogens is 2. The van der Waals surface area contributed by atoms with Gasteiger partial charge in [-0.15, -0.1) is 11.3 Å². The Balaban J connectivity index is 2.36. The Hall–Kier alpha value is -0.390. The van der Waals surface area contributed by atoms with Gasteiger partial charge >= 0.3 is 0 Å². The number of ketones is 1. The lowest BCUT2D eigenvalue weighted by atomic mass is 10.1. The van der Waals surface area contributed by atoms with Crippen LogP contribution in [0.1, 0.15) is 15.9 Å². The van der Waals surface area contributed by atoms with Crippen molar-refractivity contribution < 1.29 is 4.79 Å². The van der Waals surface area contributed by atoms with E-state index in [1.54, 1.807) is 35.6 Å². The van der Waals surface area contributed by atoms with Crippen LogP contribution in [0.2, 0.25) is 5.02 Å². The molecule has 1 aromatic heterocycles. The molecule has 2 rings (SSSR count). The van der Waals surface area contributed by atoms with Crippen LogP contribution in [0.5, 0.6) is 0 Å². The zero-order valence-corrected chi connectivity index (χ0v) is 11.3. The number of benzene rings is 1. The molecule has 2 aromatic rings. The average molecular weight is 349 g/mol. The number of rotatable bonds is 2. The largest absolute Gasteiger partial charge is 0.289 e. The average Bonchev–Trinajstić information content (AvgIpc) is 2.64. The summed E-state index contributed by atoms with van der Waals surface area (Å²) in [7, 11) is 0. The quantitative estimate of drug-likeness (QED) is 0.586. The van der Waals surface area contributed by atoms with Crippen molar-refractivity contribution in [2.75, 3.05) is 0 Å². The third kappa shape index (κ3) is 2.59. The van der Waals surface area contributed by atoms with E-state index in [0.717, 1.165) is 8.45 Å². The molecular formula is C11H6ClIOS. The molecule has 0 amide bonds. The molecule has 4 heteroatoms. The van der Waals surface area contributed by atoms with Crippen molar-refractivity contribution in [1.82, 2.24) is 0 Å². The molecule has 1 nitrogen and oxygen atoms in total. The molecule has 76 valence electrons. The highest BCUT2D eigenvalue weighted by atomic mass is 127. The minimum absolute atomic E-state index is 0.0247. The molecule has 0 fully saturated rings. The third-order valence-corrected chi connectivity index (χ3v) is 3.94. The highest BCUT2D eigenvalue weighted by Crippen LogP contribution is 2.20. The SMILES string of the molecule is O=C(c1cccc(Cl)c1)c1csc(I)c1. The highest BCUT2D eigenvalue weighted by Gasteiger charge is 2.10. The minimum atomic E-state index is 0.0247. The molecular weight excluding hydrogens is 343 g/mol. The summed E-state index contributed by atoms with van der Waals surface area (Å²) in [6, 6.07) is 8.89. The number of carbonyl (C=O) groups is 1. The molecule has 0 saturated carbocycles. The lowest BCUT2D eigenvalue weighted by Crippen LogP contribution is -1.98. The van der Waals surface area contributed by atoms with Crippen molar-refractivity contribution in [3.8, 4) is 0 Å². The van der Waals surface area contributed by atoms with Gasteiger partial charge in [0.25, 0.3) is 0 Å². The predicted octanol–water partition coefficient (Wildman–Crippen LogP) is 4.24. The van der Waals surface area contributed by atoms with Gasteiger partial charge in [-0.25, -0.2) is 0 Å². The number of carbonyl (C=O) groups excluding carboxylic acids is 1. The van der Waals surface area contributed by atoms with Crippen LogP contribution in [0.15, 0.2) is 35.7 Å². The molecule has 0 aliphatic carbocycles. The summed E-state index contributed by atoms with van der Waals surface area (Å²) in [5.74, 6) is 0.0247. The molecule has 0 saturated heterocycles. The molecule has 0 radical (unpaired) electrons. The second kappa shape index (κ2) is 4.63. The van der Waals surface area contributed by atoms with E-state index in [0.29, 0.717) is 10.6 Å². The Kier molecular flexibility index (Phi) is 3.43. The van der Waals surface area contributed by atoms with Crippen LogP contribution in [0, 0.1) is 2.88 Å². The summed E-state index contributed by atoms with van der Waals surface area (Å²) in [4.78, 5) is 12.0. The van der Waals surface area contributed by atoms with Crippen molar-refractivity contribution in [2.24, 2.45) is 0 Å². The topological polar surface area (TPSA) is 17.1 Å². The van der Waals surface area contributed by atoms with Gasteiger partial charge in [0.1, 0.15) is 0 Å². The van der Waals surface area contributed by atoms with Gasteiger partial charge in [0.05, 0.1) is 2.88 Å². The van der Waals surface area contributed by atoms with E-state index in [9.17, 15) is 4.79 Å². The molecule has 0 bridgehead atoms. The zero-order chi connectivity index (χ0) is 10.8. The molecule has 0 atom stereocenters. The van der Waals surface area contributed by atoms with Crippen molar-refractivity contribution in [3.05, 3.63) is 54.7 Å². The fourth-order valence-corrected chi connectivity index (χ4v) is 2.74. The first kappa shape index (κ1) is 11.1. The third-order valence-electron chi connectivity index (χ3n) is 1.92. The van der Waals surface area contributed by atoms with E-state index < -0.39 is 0 Å². The summed E-state index contributed by atoms with van der Waals surface area (Å²) in [6.45, 7) is 0. The fourth-order valence-electron chi connectivity index (χ4n) is 1.23. The van der Waals surface area contributed by atoms with Gasteiger partial charge in [-0.1, -0.05) is 23.7 Å². The molecule has 15 heavy (non-hydrogen) atoms. The fraction of sp³-hybridized carbons (Fsp3) is 0. The Bertz CT molecular complexity index is 507. The lowest BCUT2D eigenvalue weighted by Gasteiger charge is -1.98. The molecule has 0 spiro atoms. The zero-order valence-electron chi connectivity index (χ0n) is 7.54. The normalized spacial score (nSPS) is 10.3. The Morgan fingerprint density at radius 2 is 2.07 bits per heavy atom. The Morgan fingerprint density at radius 1 is 1.27 bits per heavy atom. The highest BCUT2D eigenvalue weighted by molar-refractivity contribution is 14.1. The maximum Gasteiger partial charge on any atom is 0.193 e. The van der Waals surface area contributed by atoms with Gasteiger partial charge in [0.2, 0.25) is 0 Å². The number of hydrogen-bond acceptors (Lipinski definition) is 2. The van der Waals surface area contributed by atoms with Crippen LogP contribution in [-0.4, -0.2) is 5.78 Å². The standard InChI is InChI=1S/C11H6ClIOS/c12-9-3-1-2-7(4-9)11(14)8-5-10(13)15-6-8/h1-6H. The number of thiophene rings is 1. The lowest BCUT2D eigenvalue weighted by molar-refractivity contribution is 0.103.